The van der Waals surface area contributed by atoms with Crippen LogP contribution in [-0.2, 0) is 0 Å². The third-order valence-electron chi connectivity index (χ3n) is 3.97. The molecule has 2 atom stereocenters. The van der Waals surface area contributed by atoms with Crippen LogP contribution in [0.4, 0.5) is 0 Å². The van der Waals surface area contributed by atoms with Crippen molar-refractivity contribution in [1.29, 1.82) is 0 Å². The predicted octanol–water partition coefficient (Wildman–Crippen LogP) is 4.31. The van der Waals surface area contributed by atoms with Crippen LogP contribution in [0, 0.1) is 5.92 Å². The maximum Gasteiger partial charge on any atom is 0.123 e. The van der Waals surface area contributed by atoms with E-state index in [1.54, 1.807) is 14.2 Å². The van der Waals surface area contributed by atoms with Crippen LogP contribution in [0.15, 0.2) is 18.2 Å². The van der Waals surface area contributed by atoms with Gasteiger partial charge in [0.25, 0.3) is 0 Å². The minimum atomic E-state index is 0.00172. The Kier molecular flexibility index (Phi) is 7.45. The van der Waals surface area contributed by atoms with Gasteiger partial charge >= 0.3 is 0 Å². The summed E-state index contributed by atoms with van der Waals surface area (Å²) in [7, 11) is 3.36. The highest BCUT2D eigenvalue weighted by Gasteiger charge is 2.17. The Balaban J connectivity index is 2.81. The number of nitrogens with two attached hydrogens (primary N) is 1. The van der Waals surface area contributed by atoms with E-state index in [-0.39, 0.29) is 6.04 Å². The lowest BCUT2D eigenvalue weighted by Crippen LogP contribution is -2.16. The number of ether oxygens (including phenoxy) is 2. The molecule has 0 aromatic heterocycles. The van der Waals surface area contributed by atoms with Gasteiger partial charge in [0.15, 0.2) is 0 Å². The maximum absolute atomic E-state index is 6.41. The molecule has 0 bridgehead atoms. The van der Waals surface area contributed by atoms with E-state index in [0.29, 0.717) is 5.92 Å². The first-order chi connectivity index (χ1) is 9.65. The first kappa shape index (κ1) is 16.8. The molecule has 0 saturated carbocycles. The molecule has 1 aromatic rings. The van der Waals surface area contributed by atoms with Crippen molar-refractivity contribution in [2.75, 3.05) is 14.2 Å². The topological polar surface area (TPSA) is 44.5 Å². The molecule has 0 spiro atoms. The first-order valence-electron chi connectivity index (χ1n) is 7.63. The van der Waals surface area contributed by atoms with Gasteiger partial charge in [0.2, 0.25) is 0 Å². The zero-order chi connectivity index (χ0) is 15.0. The molecular weight excluding hydrogens is 250 g/mol. The molecule has 1 aromatic carbocycles. The van der Waals surface area contributed by atoms with Crippen LogP contribution in [0.1, 0.15) is 57.6 Å². The monoisotopic (exact) mass is 279 g/mol. The Bertz CT molecular complexity index is 393. The second kappa shape index (κ2) is 8.85. The van der Waals surface area contributed by atoms with Gasteiger partial charge in [-0.3, -0.25) is 0 Å². The fourth-order valence-corrected chi connectivity index (χ4v) is 2.60. The molecule has 20 heavy (non-hydrogen) atoms. The van der Waals surface area contributed by atoms with E-state index >= 15 is 0 Å². The second-order valence-corrected chi connectivity index (χ2v) is 5.37. The molecule has 3 nitrogen and oxygen atoms in total. The first-order valence-corrected chi connectivity index (χ1v) is 7.63. The average Bonchev–Trinajstić information content (AvgIpc) is 2.50. The van der Waals surface area contributed by atoms with Crippen molar-refractivity contribution in [3.63, 3.8) is 0 Å². The molecule has 0 radical (unpaired) electrons. The van der Waals surface area contributed by atoms with Gasteiger partial charge in [-0.15, -0.1) is 0 Å². The summed E-state index contributed by atoms with van der Waals surface area (Å²) in [6.45, 7) is 4.48. The molecule has 3 heteroatoms. The molecule has 2 unspecified atom stereocenters. The average molecular weight is 279 g/mol. The fourth-order valence-electron chi connectivity index (χ4n) is 2.60. The van der Waals surface area contributed by atoms with Crippen molar-refractivity contribution in [3.8, 4) is 11.5 Å². The number of unbranched alkanes of at least 4 members (excludes halogenated alkanes) is 1. The van der Waals surface area contributed by atoms with Crippen molar-refractivity contribution >= 4 is 0 Å². The van der Waals surface area contributed by atoms with E-state index in [9.17, 15) is 0 Å². The van der Waals surface area contributed by atoms with Gasteiger partial charge in [0.05, 0.1) is 14.2 Å². The van der Waals surface area contributed by atoms with Crippen molar-refractivity contribution in [1.82, 2.24) is 0 Å². The molecule has 0 aliphatic rings. The SMILES string of the molecule is CCCCC(CC)CC(N)c1cc(OC)ccc1OC. The van der Waals surface area contributed by atoms with Crippen LogP contribution in [0.3, 0.4) is 0 Å². The lowest BCUT2D eigenvalue weighted by Gasteiger charge is -2.22. The molecular formula is C17H29NO2. The molecule has 114 valence electrons. The Hall–Kier alpha value is -1.22. The zero-order valence-corrected chi connectivity index (χ0v) is 13.3. The summed E-state index contributed by atoms with van der Waals surface area (Å²) in [5, 5.41) is 0. The largest absolute Gasteiger partial charge is 0.497 e. The van der Waals surface area contributed by atoms with Crippen molar-refractivity contribution in [3.05, 3.63) is 23.8 Å². The number of hydrogen-bond donors (Lipinski definition) is 1. The van der Waals surface area contributed by atoms with E-state index in [2.05, 4.69) is 13.8 Å². The number of rotatable bonds is 9. The van der Waals surface area contributed by atoms with Gasteiger partial charge in [-0.2, -0.15) is 0 Å². The molecule has 0 aliphatic carbocycles. The number of hydrogen-bond acceptors (Lipinski definition) is 3. The van der Waals surface area contributed by atoms with E-state index in [1.807, 2.05) is 18.2 Å². The quantitative estimate of drug-likeness (QED) is 0.732. The normalized spacial score (nSPS) is 13.8. The van der Waals surface area contributed by atoms with Crippen LogP contribution < -0.4 is 15.2 Å². The Morgan fingerprint density at radius 3 is 2.45 bits per heavy atom. The zero-order valence-electron chi connectivity index (χ0n) is 13.3. The van der Waals surface area contributed by atoms with Gasteiger partial charge in [0.1, 0.15) is 11.5 Å². The molecule has 2 N–H and O–H groups in total. The Morgan fingerprint density at radius 2 is 1.90 bits per heavy atom. The lowest BCUT2D eigenvalue weighted by molar-refractivity contribution is 0.367. The van der Waals surface area contributed by atoms with Gasteiger partial charge in [-0.25, -0.2) is 0 Å². The van der Waals surface area contributed by atoms with E-state index < -0.39 is 0 Å². The number of methoxy groups -OCH3 is 2. The maximum atomic E-state index is 6.41. The highest BCUT2D eigenvalue weighted by atomic mass is 16.5. The number of benzene rings is 1. The summed E-state index contributed by atoms with van der Waals surface area (Å²) < 4.78 is 10.7. The summed E-state index contributed by atoms with van der Waals surface area (Å²) in [6.07, 6.45) is 5.96. The molecule has 0 amide bonds. The van der Waals surface area contributed by atoms with E-state index in [1.165, 1.54) is 25.7 Å². The standard InChI is InChI=1S/C17H29NO2/c1-5-7-8-13(6-2)11-16(18)15-12-14(19-3)9-10-17(15)20-4/h9-10,12-13,16H,5-8,11,18H2,1-4H3. The van der Waals surface area contributed by atoms with Crippen molar-refractivity contribution < 1.29 is 9.47 Å². The van der Waals surface area contributed by atoms with Crippen LogP contribution in [0.25, 0.3) is 0 Å². The summed E-state index contributed by atoms with van der Waals surface area (Å²) >= 11 is 0. The van der Waals surface area contributed by atoms with Crippen molar-refractivity contribution in [2.45, 2.75) is 52.0 Å². The summed E-state index contributed by atoms with van der Waals surface area (Å²) in [5.74, 6) is 2.36. The molecule has 1 rings (SSSR count). The minimum absolute atomic E-state index is 0.00172. The third kappa shape index (κ3) is 4.71. The third-order valence-corrected chi connectivity index (χ3v) is 3.97. The van der Waals surface area contributed by atoms with Crippen LogP contribution in [-0.4, -0.2) is 14.2 Å². The van der Waals surface area contributed by atoms with Crippen LogP contribution >= 0.6 is 0 Å². The highest BCUT2D eigenvalue weighted by Crippen LogP contribution is 2.33. The van der Waals surface area contributed by atoms with Crippen molar-refractivity contribution in [2.24, 2.45) is 11.7 Å². The Morgan fingerprint density at radius 1 is 1.15 bits per heavy atom. The molecule has 0 heterocycles. The summed E-state index contributed by atoms with van der Waals surface area (Å²) in [4.78, 5) is 0. The minimum Gasteiger partial charge on any atom is -0.497 e. The van der Waals surface area contributed by atoms with Crippen LogP contribution in [0.5, 0.6) is 11.5 Å². The van der Waals surface area contributed by atoms with E-state index in [4.69, 9.17) is 15.2 Å². The summed E-state index contributed by atoms with van der Waals surface area (Å²) in [5.41, 5.74) is 7.45. The van der Waals surface area contributed by atoms with Gasteiger partial charge in [-0.1, -0.05) is 39.5 Å². The van der Waals surface area contributed by atoms with Gasteiger partial charge in [-0.05, 0) is 30.5 Å². The smallest absolute Gasteiger partial charge is 0.123 e. The second-order valence-electron chi connectivity index (χ2n) is 5.37. The van der Waals surface area contributed by atoms with E-state index in [0.717, 1.165) is 23.5 Å². The van der Waals surface area contributed by atoms with Gasteiger partial charge in [0, 0.05) is 11.6 Å². The predicted molar refractivity (Wildman–Crippen MR) is 84.4 cm³/mol. The fraction of sp³-hybridized carbons (Fsp3) is 0.647. The van der Waals surface area contributed by atoms with Crippen LogP contribution in [0.2, 0.25) is 0 Å². The molecule has 0 saturated heterocycles. The molecule has 0 fully saturated rings. The highest BCUT2D eigenvalue weighted by molar-refractivity contribution is 5.42. The Labute approximate surface area is 123 Å². The lowest BCUT2D eigenvalue weighted by atomic mass is 9.89. The summed E-state index contributed by atoms with van der Waals surface area (Å²) in [6, 6.07) is 5.84. The van der Waals surface area contributed by atoms with Gasteiger partial charge < -0.3 is 15.2 Å². The molecule has 0 aliphatic heterocycles.